The van der Waals surface area contributed by atoms with E-state index in [1.54, 1.807) is 0 Å². The minimum atomic E-state index is -0.184. The molecule has 0 amide bonds. The molecule has 338 valence electrons. The standard InChI is InChI=1S/C62H57BrN4O/c1-61(2,3)45-36-47(63)40-56(37-45)65(50-25-13-8-14-26-50)53-31-20-32-54(42-53)66(51-27-15-9-16-28-51)57-38-46(62(4,5)6)39-58(43-57)67(52-29-17-10-18-30-52)55-33-21-35-60(44-55)68-59-34-19-24-49(41-59)64-48-22-11-7-12-23-48/h7-44,64H,1-6H3. The third-order valence-corrected chi connectivity index (χ3v) is 12.3. The van der Waals surface area contributed by atoms with Crippen LogP contribution in [0.4, 0.5) is 62.6 Å². The van der Waals surface area contributed by atoms with Gasteiger partial charge in [-0.3, -0.25) is 0 Å². The van der Waals surface area contributed by atoms with Crippen molar-refractivity contribution in [3.05, 3.63) is 246 Å². The van der Waals surface area contributed by atoms with Gasteiger partial charge in [0.05, 0.1) is 0 Å². The molecular weight excluding hydrogens is 897 g/mol. The van der Waals surface area contributed by atoms with Gasteiger partial charge >= 0.3 is 0 Å². The summed E-state index contributed by atoms with van der Waals surface area (Å²) < 4.78 is 7.66. The van der Waals surface area contributed by atoms with Crippen LogP contribution in [0.25, 0.3) is 0 Å². The number of rotatable bonds is 13. The summed E-state index contributed by atoms with van der Waals surface area (Å²) in [5.41, 5.74) is 13.5. The lowest BCUT2D eigenvalue weighted by Crippen LogP contribution is -2.18. The van der Waals surface area contributed by atoms with E-state index in [0.717, 1.165) is 78.5 Å². The summed E-state index contributed by atoms with van der Waals surface area (Å²) in [7, 11) is 0. The molecule has 0 spiro atoms. The number of ether oxygens (including phenoxy) is 1. The Morgan fingerprint density at radius 2 is 0.676 bits per heavy atom. The van der Waals surface area contributed by atoms with Crippen molar-refractivity contribution in [2.24, 2.45) is 0 Å². The van der Waals surface area contributed by atoms with Gasteiger partial charge in [0.1, 0.15) is 11.5 Å². The van der Waals surface area contributed by atoms with Crippen molar-refractivity contribution in [3.8, 4) is 11.5 Å². The van der Waals surface area contributed by atoms with Crippen LogP contribution in [0.15, 0.2) is 235 Å². The molecule has 0 aromatic heterocycles. The zero-order valence-corrected chi connectivity index (χ0v) is 41.2. The fraction of sp³-hybridized carbons (Fsp3) is 0.129. The molecule has 1 N–H and O–H groups in total. The zero-order chi connectivity index (χ0) is 47.3. The van der Waals surface area contributed by atoms with Crippen LogP contribution in [0.1, 0.15) is 52.7 Å². The largest absolute Gasteiger partial charge is 0.457 e. The van der Waals surface area contributed by atoms with E-state index >= 15 is 0 Å². The number of halogens is 1. The Kier molecular flexibility index (Phi) is 13.2. The van der Waals surface area contributed by atoms with E-state index in [9.17, 15) is 0 Å². The highest BCUT2D eigenvalue weighted by molar-refractivity contribution is 9.10. The lowest BCUT2D eigenvalue weighted by Gasteiger charge is -2.33. The summed E-state index contributed by atoms with van der Waals surface area (Å²) in [6, 6.07) is 81.2. The SMILES string of the molecule is CC(C)(C)c1cc(Br)cc(N(c2ccccc2)c2cccc(N(c3ccccc3)c3cc(N(c4ccccc4)c4cccc(Oc5cccc(Nc6ccccc6)c5)c4)cc(C(C)(C)C)c3)c2)c1. The first-order valence-corrected chi connectivity index (χ1v) is 24.0. The van der Waals surface area contributed by atoms with E-state index in [1.165, 1.54) is 11.1 Å². The monoisotopic (exact) mass is 952 g/mol. The molecule has 9 rings (SSSR count). The molecule has 0 unspecified atom stereocenters. The predicted molar refractivity (Wildman–Crippen MR) is 292 cm³/mol. The molecule has 0 aliphatic rings. The molecule has 0 fully saturated rings. The maximum atomic E-state index is 6.62. The lowest BCUT2D eigenvalue weighted by atomic mass is 9.86. The number of nitrogens with one attached hydrogen (secondary N) is 1. The summed E-state index contributed by atoms with van der Waals surface area (Å²) in [5, 5.41) is 3.49. The Balaban J connectivity index is 1.17. The van der Waals surface area contributed by atoms with Crippen molar-refractivity contribution in [2.75, 3.05) is 20.0 Å². The van der Waals surface area contributed by atoms with Crippen molar-refractivity contribution >= 4 is 78.5 Å². The van der Waals surface area contributed by atoms with E-state index < -0.39 is 0 Å². The third-order valence-electron chi connectivity index (χ3n) is 11.9. The third kappa shape index (κ3) is 10.7. The Morgan fingerprint density at radius 1 is 0.324 bits per heavy atom. The van der Waals surface area contributed by atoms with Crippen LogP contribution in [-0.2, 0) is 10.8 Å². The molecule has 0 heterocycles. The molecular formula is C62H57BrN4O. The van der Waals surface area contributed by atoms with E-state index in [0.29, 0.717) is 0 Å². The van der Waals surface area contributed by atoms with Crippen LogP contribution in [0.3, 0.4) is 0 Å². The van der Waals surface area contributed by atoms with E-state index in [-0.39, 0.29) is 10.8 Å². The molecule has 0 saturated carbocycles. The molecule has 0 atom stereocenters. The van der Waals surface area contributed by atoms with Crippen LogP contribution < -0.4 is 24.8 Å². The van der Waals surface area contributed by atoms with Crippen LogP contribution in [-0.4, -0.2) is 0 Å². The number of para-hydroxylation sites is 4. The van der Waals surface area contributed by atoms with Crippen LogP contribution in [0.5, 0.6) is 11.5 Å². The average molecular weight is 954 g/mol. The maximum absolute atomic E-state index is 6.62. The summed E-state index contributed by atoms with van der Waals surface area (Å²) in [4.78, 5) is 7.06. The molecule has 0 bridgehead atoms. The maximum Gasteiger partial charge on any atom is 0.129 e. The average Bonchev–Trinajstić information content (AvgIpc) is 3.33. The van der Waals surface area contributed by atoms with Crippen molar-refractivity contribution < 1.29 is 4.74 Å². The number of hydrogen-bond donors (Lipinski definition) is 1. The second-order valence-corrected chi connectivity index (χ2v) is 20.0. The molecule has 9 aromatic carbocycles. The molecule has 5 nitrogen and oxygen atoms in total. The van der Waals surface area contributed by atoms with E-state index in [4.69, 9.17) is 4.74 Å². The number of benzene rings is 9. The van der Waals surface area contributed by atoms with Crippen molar-refractivity contribution in [1.29, 1.82) is 0 Å². The van der Waals surface area contributed by atoms with Gasteiger partial charge in [0.2, 0.25) is 0 Å². The van der Waals surface area contributed by atoms with Crippen LogP contribution >= 0.6 is 15.9 Å². The Hall–Kier alpha value is -7.54. The minimum Gasteiger partial charge on any atom is -0.457 e. The van der Waals surface area contributed by atoms with Crippen molar-refractivity contribution in [3.63, 3.8) is 0 Å². The van der Waals surface area contributed by atoms with Gasteiger partial charge in [0.25, 0.3) is 0 Å². The first-order chi connectivity index (χ1) is 32.9. The van der Waals surface area contributed by atoms with Gasteiger partial charge in [0, 0.05) is 79.2 Å². The highest BCUT2D eigenvalue weighted by Crippen LogP contribution is 2.46. The molecule has 0 aliphatic heterocycles. The number of anilines is 11. The molecule has 0 aliphatic carbocycles. The Bertz CT molecular complexity index is 3110. The minimum absolute atomic E-state index is 0.0447. The smallest absolute Gasteiger partial charge is 0.129 e. The van der Waals surface area contributed by atoms with Gasteiger partial charge < -0.3 is 24.8 Å². The Morgan fingerprint density at radius 3 is 1.16 bits per heavy atom. The van der Waals surface area contributed by atoms with Gasteiger partial charge in [-0.15, -0.1) is 0 Å². The summed E-state index contributed by atoms with van der Waals surface area (Å²) >= 11 is 3.88. The van der Waals surface area contributed by atoms with Gasteiger partial charge in [0.15, 0.2) is 0 Å². The molecule has 9 aromatic rings. The first-order valence-electron chi connectivity index (χ1n) is 23.2. The quantitative estimate of drug-likeness (QED) is 0.124. The normalized spacial score (nSPS) is 11.5. The number of hydrogen-bond acceptors (Lipinski definition) is 5. The summed E-state index contributed by atoms with van der Waals surface area (Å²) in [6.45, 7) is 13.6. The first kappa shape index (κ1) is 45.6. The zero-order valence-electron chi connectivity index (χ0n) is 39.6. The van der Waals surface area contributed by atoms with Crippen LogP contribution in [0.2, 0.25) is 0 Å². The van der Waals surface area contributed by atoms with Gasteiger partial charge in [-0.25, -0.2) is 0 Å². The van der Waals surface area contributed by atoms with Gasteiger partial charge in [-0.05, 0) is 149 Å². The molecule has 68 heavy (non-hydrogen) atoms. The lowest BCUT2D eigenvalue weighted by molar-refractivity contribution is 0.483. The van der Waals surface area contributed by atoms with E-state index in [2.05, 4.69) is 259 Å². The van der Waals surface area contributed by atoms with Crippen molar-refractivity contribution in [1.82, 2.24) is 0 Å². The highest BCUT2D eigenvalue weighted by Gasteiger charge is 2.25. The summed E-state index contributed by atoms with van der Waals surface area (Å²) in [5.74, 6) is 1.48. The summed E-state index contributed by atoms with van der Waals surface area (Å²) in [6.07, 6.45) is 0. The highest BCUT2D eigenvalue weighted by atomic mass is 79.9. The van der Waals surface area contributed by atoms with Crippen molar-refractivity contribution in [2.45, 2.75) is 52.4 Å². The fourth-order valence-corrected chi connectivity index (χ4v) is 8.90. The molecule has 0 radical (unpaired) electrons. The fourth-order valence-electron chi connectivity index (χ4n) is 8.41. The van der Waals surface area contributed by atoms with Crippen LogP contribution in [0, 0.1) is 0 Å². The Labute approximate surface area is 411 Å². The van der Waals surface area contributed by atoms with Gasteiger partial charge in [-0.2, -0.15) is 0 Å². The second kappa shape index (κ2) is 19.7. The van der Waals surface area contributed by atoms with Gasteiger partial charge in [-0.1, -0.05) is 148 Å². The van der Waals surface area contributed by atoms with E-state index in [1.807, 2.05) is 48.5 Å². The second-order valence-electron chi connectivity index (χ2n) is 19.1. The molecule has 0 saturated heterocycles. The topological polar surface area (TPSA) is 31.0 Å². The predicted octanol–water partition coefficient (Wildman–Crippen LogP) is 19.0. The number of nitrogens with zero attached hydrogens (tertiary/aromatic N) is 3. The molecule has 6 heteroatoms.